The predicted octanol–water partition coefficient (Wildman–Crippen LogP) is 7.23. The smallest absolute Gasteiger partial charge is 0.319 e. The molecule has 2 aliphatic rings. The van der Waals surface area contributed by atoms with Crippen molar-refractivity contribution in [2.45, 2.75) is 99.8 Å². The van der Waals surface area contributed by atoms with E-state index in [0.717, 1.165) is 24.5 Å². The van der Waals surface area contributed by atoms with Crippen LogP contribution in [0.2, 0.25) is 0 Å². The molecule has 0 aliphatic heterocycles. The van der Waals surface area contributed by atoms with Gasteiger partial charge in [0.25, 0.3) is 0 Å². The van der Waals surface area contributed by atoms with Crippen LogP contribution in [0.4, 0.5) is 0 Å². The molecule has 1 saturated carbocycles. The van der Waals surface area contributed by atoms with Gasteiger partial charge in [0.2, 0.25) is 0 Å². The van der Waals surface area contributed by atoms with Gasteiger partial charge in [-0.3, -0.25) is 0 Å². The van der Waals surface area contributed by atoms with Crippen molar-refractivity contribution in [3.63, 3.8) is 0 Å². The second-order valence-corrected chi connectivity index (χ2v) is 10.2. The number of hydrogen-bond acceptors (Lipinski definition) is 3. The van der Waals surface area contributed by atoms with Crippen molar-refractivity contribution in [2.75, 3.05) is 0 Å². The Morgan fingerprint density at radius 1 is 1.21 bits per heavy atom. The molecule has 0 heterocycles. The van der Waals surface area contributed by atoms with Crippen molar-refractivity contribution in [1.82, 2.24) is 0 Å². The molecule has 2 aliphatic carbocycles. The zero-order chi connectivity index (χ0) is 20.9. The van der Waals surface area contributed by atoms with Crippen LogP contribution in [0.25, 0.3) is 0 Å². The SMILES string of the molecule is CC(=O)O/N=C(/C)CC/C=C(/C)CC[C@@H]1C(C)=CC[C@H]2C(C)(C)CCC[C@@]12C. The van der Waals surface area contributed by atoms with Gasteiger partial charge in [-0.1, -0.05) is 55.6 Å². The predicted molar refractivity (Wildman–Crippen MR) is 118 cm³/mol. The molecule has 158 valence electrons. The van der Waals surface area contributed by atoms with Crippen LogP contribution in [-0.4, -0.2) is 11.7 Å². The Morgan fingerprint density at radius 2 is 1.93 bits per heavy atom. The Kier molecular flexibility index (Phi) is 7.70. The number of carbonyl (C=O) groups excluding carboxylic acids is 1. The lowest BCUT2D eigenvalue weighted by atomic mass is 9.48. The first-order valence-corrected chi connectivity index (χ1v) is 11.1. The maximum absolute atomic E-state index is 10.8. The molecule has 0 aromatic heterocycles. The number of fused-ring (bicyclic) bond motifs is 1. The second-order valence-electron chi connectivity index (χ2n) is 10.2. The summed E-state index contributed by atoms with van der Waals surface area (Å²) in [6.45, 7) is 15.5. The van der Waals surface area contributed by atoms with Gasteiger partial charge in [-0.05, 0) is 88.4 Å². The van der Waals surface area contributed by atoms with Crippen LogP contribution in [-0.2, 0) is 9.63 Å². The minimum atomic E-state index is -0.361. The van der Waals surface area contributed by atoms with Gasteiger partial charge >= 0.3 is 5.97 Å². The van der Waals surface area contributed by atoms with Gasteiger partial charge < -0.3 is 4.84 Å². The monoisotopic (exact) mass is 387 g/mol. The van der Waals surface area contributed by atoms with Crippen LogP contribution in [0.15, 0.2) is 28.5 Å². The summed E-state index contributed by atoms with van der Waals surface area (Å²) in [4.78, 5) is 15.5. The molecule has 3 heteroatoms. The van der Waals surface area contributed by atoms with Crippen LogP contribution in [0.5, 0.6) is 0 Å². The molecule has 28 heavy (non-hydrogen) atoms. The van der Waals surface area contributed by atoms with Gasteiger partial charge in [-0.2, -0.15) is 0 Å². The minimum Gasteiger partial charge on any atom is -0.319 e. The van der Waals surface area contributed by atoms with Crippen molar-refractivity contribution in [3.05, 3.63) is 23.3 Å². The highest BCUT2D eigenvalue weighted by molar-refractivity contribution is 5.82. The first kappa shape index (κ1) is 22.9. The number of rotatable bonds is 7. The molecule has 0 saturated heterocycles. The topological polar surface area (TPSA) is 38.7 Å². The largest absolute Gasteiger partial charge is 0.331 e. The molecular formula is C25H41NO2. The molecule has 3 atom stereocenters. The van der Waals surface area contributed by atoms with Crippen LogP contribution in [0.1, 0.15) is 99.8 Å². The van der Waals surface area contributed by atoms with E-state index in [4.69, 9.17) is 4.84 Å². The fourth-order valence-electron chi connectivity index (χ4n) is 5.88. The van der Waals surface area contributed by atoms with Crippen LogP contribution in [0, 0.1) is 22.7 Å². The molecular weight excluding hydrogens is 346 g/mol. The lowest BCUT2D eigenvalue weighted by molar-refractivity contribution is -0.140. The Morgan fingerprint density at radius 3 is 2.61 bits per heavy atom. The highest BCUT2D eigenvalue weighted by Gasteiger charge is 2.51. The van der Waals surface area contributed by atoms with Crippen molar-refractivity contribution < 1.29 is 9.63 Å². The van der Waals surface area contributed by atoms with E-state index in [1.807, 2.05) is 6.92 Å². The summed E-state index contributed by atoms with van der Waals surface area (Å²) in [5.74, 6) is 1.16. The maximum atomic E-state index is 10.8. The zero-order valence-electron chi connectivity index (χ0n) is 19.2. The van der Waals surface area contributed by atoms with E-state index in [0.29, 0.717) is 16.7 Å². The Balaban J connectivity index is 1.95. The Bertz CT molecular complexity index is 655. The summed E-state index contributed by atoms with van der Waals surface area (Å²) in [7, 11) is 0. The van der Waals surface area contributed by atoms with Crippen molar-refractivity contribution in [3.8, 4) is 0 Å². The van der Waals surface area contributed by atoms with E-state index < -0.39 is 0 Å². The van der Waals surface area contributed by atoms with Crippen LogP contribution < -0.4 is 0 Å². The fourth-order valence-corrected chi connectivity index (χ4v) is 5.88. The van der Waals surface area contributed by atoms with E-state index in [2.05, 4.69) is 51.9 Å². The highest BCUT2D eigenvalue weighted by atomic mass is 16.7. The molecule has 0 radical (unpaired) electrons. The van der Waals surface area contributed by atoms with E-state index in [9.17, 15) is 4.79 Å². The molecule has 0 amide bonds. The second kappa shape index (κ2) is 9.41. The van der Waals surface area contributed by atoms with Gasteiger partial charge in [0, 0.05) is 6.92 Å². The third-order valence-corrected chi connectivity index (χ3v) is 7.45. The number of allylic oxidation sites excluding steroid dienone is 4. The molecule has 0 spiro atoms. The van der Waals surface area contributed by atoms with E-state index in [1.54, 1.807) is 5.57 Å². The lowest BCUT2D eigenvalue weighted by Gasteiger charge is -2.57. The van der Waals surface area contributed by atoms with E-state index in [-0.39, 0.29) is 5.97 Å². The summed E-state index contributed by atoms with van der Waals surface area (Å²) < 4.78 is 0. The molecule has 0 aromatic carbocycles. The lowest BCUT2D eigenvalue weighted by Crippen LogP contribution is -2.48. The maximum Gasteiger partial charge on any atom is 0.331 e. The van der Waals surface area contributed by atoms with Gasteiger partial charge in [0.1, 0.15) is 0 Å². The summed E-state index contributed by atoms with van der Waals surface area (Å²) in [6.07, 6.45) is 14.5. The average molecular weight is 388 g/mol. The Labute approximate surface area is 172 Å². The normalized spacial score (nSPS) is 30.5. The Hall–Kier alpha value is -1.38. The van der Waals surface area contributed by atoms with Crippen molar-refractivity contribution in [2.24, 2.45) is 27.8 Å². The first-order chi connectivity index (χ1) is 13.1. The number of carbonyl (C=O) groups is 1. The molecule has 0 N–H and O–H groups in total. The number of hydrogen-bond donors (Lipinski definition) is 0. The summed E-state index contributed by atoms with van der Waals surface area (Å²) in [5, 5.41) is 3.85. The van der Waals surface area contributed by atoms with Gasteiger partial charge in [-0.15, -0.1) is 0 Å². The van der Waals surface area contributed by atoms with Crippen molar-refractivity contribution >= 4 is 11.7 Å². The molecule has 3 nitrogen and oxygen atoms in total. The number of oxime groups is 1. The summed E-state index contributed by atoms with van der Waals surface area (Å²) >= 11 is 0. The molecule has 0 unspecified atom stereocenters. The minimum absolute atomic E-state index is 0.361. The standard InChI is InChI=1S/C25H41NO2/c1-18(10-8-11-20(3)26-28-21(4)27)12-14-22-19(2)13-15-23-24(5,6)16-9-17-25(22,23)7/h10,13,22-23H,8-9,11-12,14-17H2,1-7H3/b18-10-,26-20-/t22-,23+,25+/m1/s1. The number of nitrogens with zero attached hydrogens (tertiary/aromatic N) is 1. The van der Waals surface area contributed by atoms with Crippen LogP contribution in [0.3, 0.4) is 0 Å². The molecule has 0 aromatic rings. The van der Waals surface area contributed by atoms with Crippen molar-refractivity contribution in [1.29, 1.82) is 0 Å². The quantitative estimate of drug-likeness (QED) is 0.200. The summed E-state index contributed by atoms with van der Waals surface area (Å²) in [6, 6.07) is 0. The van der Waals surface area contributed by atoms with E-state index in [1.165, 1.54) is 51.0 Å². The van der Waals surface area contributed by atoms with Gasteiger partial charge in [-0.25, -0.2) is 4.79 Å². The molecule has 0 bridgehead atoms. The third-order valence-electron chi connectivity index (χ3n) is 7.45. The van der Waals surface area contributed by atoms with Gasteiger partial charge in [0.15, 0.2) is 0 Å². The summed E-state index contributed by atoms with van der Waals surface area (Å²) in [5.41, 5.74) is 4.87. The average Bonchev–Trinajstić information content (AvgIpc) is 2.58. The van der Waals surface area contributed by atoms with E-state index >= 15 is 0 Å². The zero-order valence-corrected chi connectivity index (χ0v) is 19.2. The molecule has 2 rings (SSSR count). The fraction of sp³-hybridized carbons (Fsp3) is 0.760. The third kappa shape index (κ3) is 5.58. The first-order valence-electron chi connectivity index (χ1n) is 11.1. The van der Waals surface area contributed by atoms with Gasteiger partial charge in [0.05, 0.1) is 5.71 Å². The highest BCUT2D eigenvalue weighted by Crippen LogP contribution is 2.60. The van der Waals surface area contributed by atoms with Crippen LogP contribution >= 0.6 is 0 Å². The molecule has 1 fully saturated rings.